The van der Waals surface area contributed by atoms with Crippen LogP contribution in [-0.2, 0) is 6.42 Å². The van der Waals surface area contributed by atoms with Crippen molar-refractivity contribution in [3.8, 4) is 11.1 Å². The minimum atomic E-state index is -0.492. The highest BCUT2D eigenvalue weighted by atomic mass is 28.3. The molecule has 0 unspecified atom stereocenters. The van der Waals surface area contributed by atoms with E-state index in [0.29, 0.717) is 5.92 Å². The van der Waals surface area contributed by atoms with Crippen LogP contribution in [0.5, 0.6) is 0 Å². The molecule has 0 N–H and O–H groups in total. The van der Waals surface area contributed by atoms with Crippen molar-refractivity contribution in [2.24, 2.45) is 0 Å². The molecule has 0 aliphatic heterocycles. The summed E-state index contributed by atoms with van der Waals surface area (Å²) in [7, 11) is -0.492. The van der Waals surface area contributed by atoms with Gasteiger partial charge in [-0.2, -0.15) is 0 Å². The van der Waals surface area contributed by atoms with Crippen LogP contribution in [0.4, 0.5) is 0 Å². The fraction of sp³-hybridized carbons (Fsp3) is 0.360. The van der Waals surface area contributed by atoms with Gasteiger partial charge in [0.05, 0.1) is 8.80 Å². The Labute approximate surface area is 160 Å². The van der Waals surface area contributed by atoms with Gasteiger partial charge in [-0.1, -0.05) is 48.7 Å². The van der Waals surface area contributed by atoms with E-state index < -0.39 is 8.80 Å². The lowest BCUT2D eigenvalue weighted by Crippen LogP contribution is -2.30. The van der Waals surface area contributed by atoms with Crippen LogP contribution in [0.15, 0.2) is 30.4 Å². The lowest BCUT2D eigenvalue weighted by atomic mass is 9.86. The van der Waals surface area contributed by atoms with E-state index in [1.807, 2.05) is 0 Å². The minimum absolute atomic E-state index is 0.448. The molecule has 0 aromatic heterocycles. The number of rotatable bonds is 2. The van der Waals surface area contributed by atoms with Crippen LogP contribution < -0.4 is 5.19 Å². The third-order valence-corrected chi connectivity index (χ3v) is 8.40. The molecular weight excluding hydrogens is 328 g/mol. The predicted molar refractivity (Wildman–Crippen MR) is 117 cm³/mol. The quantitative estimate of drug-likeness (QED) is 0.496. The average molecular weight is 358 g/mol. The zero-order valence-electron chi connectivity index (χ0n) is 17.2. The normalized spacial score (nSPS) is 15.2. The third kappa shape index (κ3) is 2.33. The molecule has 0 spiro atoms. The number of hydrogen-bond acceptors (Lipinski definition) is 0. The van der Waals surface area contributed by atoms with Crippen LogP contribution in [0.25, 0.3) is 11.1 Å². The summed E-state index contributed by atoms with van der Waals surface area (Å²) >= 11 is 0. The van der Waals surface area contributed by atoms with E-state index in [2.05, 4.69) is 78.1 Å². The smallest absolute Gasteiger partial charge is 0.0732 e. The van der Waals surface area contributed by atoms with Crippen LogP contribution in [0.2, 0.25) is 13.1 Å². The lowest BCUT2D eigenvalue weighted by molar-refractivity contribution is 1.05. The zero-order valence-corrected chi connectivity index (χ0v) is 18.2. The Kier molecular flexibility index (Phi) is 4.11. The second-order valence-electron chi connectivity index (χ2n) is 8.33. The van der Waals surface area contributed by atoms with Gasteiger partial charge in [-0.3, -0.25) is 0 Å². The topological polar surface area (TPSA) is 0 Å². The van der Waals surface area contributed by atoms with Crippen molar-refractivity contribution in [3.63, 3.8) is 0 Å². The summed E-state index contributed by atoms with van der Waals surface area (Å²) in [6.45, 7) is 16.6. The molecule has 0 atom stereocenters. The summed E-state index contributed by atoms with van der Waals surface area (Å²) in [5.41, 5.74) is 15.3. The largest absolute Gasteiger partial charge is 0.0799 e. The van der Waals surface area contributed by atoms with E-state index in [9.17, 15) is 0 Å². The Balaban J connectivity index is 2.02. The molecule has 2 aromatic carbocycles. The van der Waals surface area contributed by atoms with E-state index >= 15 is 0 Å². The molecule has 2 aliphatic rings. The van der Waals surface area contributed by atoms with Gasteiger partial charge in [0.25, 0.3) is 0 Å². The Morgan fingerprint density at radius 1 is 0.769 bits per heavy atom. The number of allylic oxidation sites excluding steroid dienone is 4. The van der Waals surface area contributed by atoms with Crippen LogP contribution in [0.3, 0.4) is 0 Å². The summed E-state index contributed by atoms with van der Waals surface area (Å²) in [5.74, 6) is 0.448. The molecule has 4 rings (SSSR count). The van der Waals surface area contributed by atoms with E-state index in [-0.39, 0.29) is 0 Å². The molecule has 0 bridgehead atoms. The molecule has 0 fully saturated rings. The van der Waals surface area contributed by atoms with E-state index in [1.165, 1.54) is 33.4 Å². The van der Waals surface area contributed by atoms with Gasteiger partial charge in [-0.15, -0.1) is 0 Å². The molecule has 2 aromatic rings. The molecule has 26 heavy (non-hydrogen) atoms. The maximum atomic E-state index is 2.51. The SMILES string of the molecule is Cc1c(C2C=CC=C2)cc2c(c1C)-c1c(C)c(C)c(C)c([Si](C)C)c1C2. The average Bonchev–Trinajstić information content (AvgIpc) is 3.23. The van der Waals surface area contributed by atoms with Gasteiger partial charge in [-0.05, 0) is 96.7 Å². The highest BCUT2D eigenvalue weighted by Gasteiger charge is 2.30. The van der Waals surface area contributed by atoms with Gasteiger partial charge in [0.2, 0.25) is 0 Å². The minimum Gasteiger partial charge on any atom is -0.0732 e. The molecular formula is C25H29Si. The fourth-order valence-electron chi connectivity index (χ4n) is 5.10. The lowest BCUT2D eigenvalue weighted by Gasteiger charge is -2.22. The summed E-state index contributed by atoms with van der Waals surface area (Å²) in [5, 5.41) is 1.68. The van der Waals surface area contributed by atoms with Gasteiger partial charge in [0.15, 0.2) is 0 Å². The summed E-state index contributed by atoms with van der Waals surface area (Å²) in [6.07, 6.45) is 10.1. The molecule has 0 nitrogen and oxygen atoms in total. The Hall–Kier alpha value is -1.86. The first-order valence-corrected chi connectivity index (χ1v) is 12.2. The van der Waals surface area contributed by atoms with Crippen molar-refractivity contribution in [1.29, 1.82) is 0 Å². The molecule has 0 heterocycles. The van der Waals surface area contributed by atoms with Gasteiger partial charge in [0, 0.05) is 5.92 Å². The molecule has 2 aliphatic carbocycles. The molecule has 1 heteroatoms. The van der Waals surface area contributed by atoms with Gasteiger partial charge >= 0.3 is 0 Å². The van der Waals surface area contributed by atoms with Gasteiger partial charge in [-0.25, -0.2) is 0 Å². The molecule has 1 radical (unpaired) electrons. The van der Waals surface area contributed by atoms with Crippen molar-refractivity contribution in [1.82, 2.24) is 0 Å². The number of hydrogen-bond donors (Lipinski definition) is 0. The third-order valence-electron chi connectivity index (χ3n) is 6.72. The highest BCUT2D eigenvalue weighted by molar-refractivity contribution is 6.72. The molecule has 0 saturated carbocycles. The van der Waals surface area contributed by atoms with Crippen LogP contribution in [0.1, 0.15) is 50.4 Å². The van der Waals surface area contributed by atoms with Crippen LogP contribution >= 0.6 is 0 Å². The maximum absolute atomic E-state index is 2.51. The predicted octanol–water partition coefficient (Wildman–Crippen LogP) is 5.97. The zero-order chi connectivity index (χ0) is 18.7. The standard InChI is InChI=1S/C25H29Si/c1-14-16(3)24-22(25(18(14)5)26(6)7)13-20-12-21(19-10-8-9-11-19)15(2)17(4)23(20)24/h8-12,19H,13H2,1-7H3. The van der Waals surface area contributed by atoms with Crippen molar-refractivity contribution in [2.75, 3.05) is 0 Å². The second kappa shape index (κ2) is 6.09. The van der Waals surface area contributed by atoms with E-state index in [0.717, 1.165) is 6.42 Å². The second-order valence-corrected chi connectivity index (χ2v) is 10.8. The van der Waals surface area contributed by atoms with Crippen molar-refractivity contribution in [2.45, 2.75) is 60.1 Å². The van der Waals surface area contributed by atoms with Crippen LogP contribution in [0, 0.1) is 34.6 Å². The van der Waals surface area contributed by atoms with Gasteiger partial charge in [0.1, 0.15) is 0 Å². The van der Waals surface area contributed by atoms with E-state index in [1.54, 1.807) is 27.4 Å². The summed E-state index contributed by atoms with van der Waals surface area (Å²) < 4.78 is 0. The first kappa shape index (κ1) is 17.5. The number of fused-ring (bicyclic) bond motifs is 3. The first-order valence-electron chi connectivity index (χ1n) is 9.74. The molecule has 0 saturated heterocycles. The monoisotopic (exact) mass is 357 g/mol. The summed E-state index contributed by atoms with van der Waals surface area (Å²) in [6, 6.07) is 2.51. The van der Waals surface area contributed by atoms with Crippen molar-refractivity contribution >= 4 is 14.0 Å². The fourth-order valence-corrected chi connectivity index (χ4v) is 6.86. The van der Waals surface area contributed by atoms with Gasteiger partial charge < -0.3 is 0 Å². The Morgan fingerprint density at radius 2 is 1.38 bits per heavy atom. The van der Waals surface area contributed by atoms with Crippen molar-refractivity contribution < 1.29 is 0 Å². The first-order chi connectivity index (χ1) is 12.3. The maximum Gasteiger partial charge on any atom is 0.0799 e. The Morgan fingerprint density at radius 3 is 2.00 bits per heavy atom. The van der Waals surface area contributed by atoms with E-state index in [4.69, 9.17) is 0 Å². The molecule has 133 valence electrons. The van der Waals surface area contributed by atoms with Crippen molar-refractivity contribution in [3.05, 3.63) is 74.9 Å². The summed E-state index contributed by atoms with van der Waals surface area (Å²) in [4.78, 5) is 0. The number of benzene rings is 2. The van der Waals surface area contributed by atoms with Crippen LogP contribution in [-0.4, -0.2) is 8.80 Å². The highest BCUT2D eigenvalue weighted by Crippen LogP contribution is 2.45. The molecule has 0 amide bonds. The Bertz CT molecular complexity index is 974.